The molecule has 1 aliphatic carbocycles. The third-order valence-corrected chi connectivity index (χ3v) is 4.85. The van der Waals surface area contributed by atoms with Gasteiger partial charge in [-0.2, -0.15) is 5.10 Å². The number of ether oxygens (including phenoxy) is 1. The van der Waals surface area contributed by atoms with Crippen molar-refractivity contribution in [2.24, 2.45) is 5.41 Å². The second-order valence-electron chi connectivity index (χ2n) is 6.50. The van der Waals surface area contributed by atoms with E-state index in [1.165, 1.54) is 0 Å². The van der Waals surface area contributed by atoms with E-state index < -0.39 is 6.09 Å². The first-order chi connectivity index (χ1) is 9.98. The summed E-state index contributed by atoms with van der Waals surface area (Å²) in [6.07, 6.45) is 4.40. The first kappa shape index (κ1) is 14.3. The molecule has 3 rings (SSSR count). The summed E-state index contributed by atoms with van der Waals surface area (Å²) < 4.78 is 7.49. The monoisotopic (exact) mass is 293 g/mol. The Morgan fingerprint density at radius 1 is 1.52 bits per heavy atom. The van der Waals surface area contributed by atoms with Gasteiger partial charge in [-0.3, -0.25) is 0 Å². The number of amides is 1. The van der Waals surface area contributed by atoms with Gasteiger partial charge in [-0.25, -0.2) is 9.67 Å². The second-order valence-corrected chi connectivity index (χ2v) is 6.50. The lowest BCUT2D eigenvalue weighted by Gasteiger charge is -2.51. The largest absolute Gasteiger partial charge is 0.530 e. The highest BCUT2D eigenvalue weighted by Crippen LogP contribution is 2.51. The molecule has 2 aliphatic rings. The summed E-state index contributed by atoms with van der Waals surface area (Å²) in [7, 11) is 0. The minimum atomic E-state index is -1.22. The lowest BCUT2D eigenvalue weighted by Crippen LogP contribution is -2.59. The molecule has 0 aromatic carbocycles. The summed E-state index contributed by atoms with van der Waals surface area (Å²) in [5.74, 6) is 0.921. The zero-order valence-electron chi connectivity index (χ0n) is 12.4. The number of rotatable bonds is 3. The van der Waals surface area contributed by atoms with Crippen LogP contribution in [0.4, 0.5) is 4.79 Å². The predicted octanol–water partition coefficient (Wildman–Crippen LogP) is 0.792. The third-order valence-electron chi connectivity index (χ3n) is 4.85. The molecule has 1 saturated carbocycles. The minimum Gasteiger partial charge on any atom is -0.530 e. The summed E-state index contributed by atoms with van der Waals surface area (Å²) in [4.78, 5) is 15.1. The van der Waals surface area contributed by atoms with Crippen LogP contribution in [0, 0.1) is 5.41 Å². The molecule has 0 spiro atoms. The van der Waals surface area contributed by atoms with E-state index in [0.717, 1.165) is 31.7 Å². The van der Waals surface area contributed by atoms with Gasteiger partial charge in [-0.1, -0.05) is 13.8 Å². The summed E-state index contributed by atoms with van der Waals surface area (Å²) in [6.45, 7) is 4.82. The third kappa shape index (κ3) is 2.62. The molecule has 1 aromatic rings. The van der Waals surface area contributed by atoms with Crippen LogP contribution in [-0.2, 0) is 4.74 Å². The maximum Gasteiger partial charge on any atom is 0.154 e. The van der Waals surface area contributed by atoms with Crippen LogP contribution < -0.4 is 10.4 Å². The van der Waals surface area contributed by atoms with Crippen LogP contribution >= 0.6 is 0 Å². The molecule has 7 nitrogen and oxygen atoms in total. The molecule has 3 atom stereocenters. The average molecular weight is 293 g/mol. The summed E-state index contributed by atoms with van der Waals surface area (Å²) in [6, 6.07) is -0.106. The molecular formula is C14H21N4O3-. The van der Waals surface area contributed by atoms with Crippen molar-refractivity contribution in [2.45, 2.75) is 57.7 Å². The predicted molar refractivity (Wildman–Crippen MR) is 72.3 cm³/mol. The smallest absolute Gasteiger partial charge is 0.154 e. The Morgan fingerprint density at radius 2 is 2.33 bits per heavy atom. The quantitative estimate of drug-likeness (QED) is 0.889. The highest BCUT2D eigenvalue weighted by molar-refractivity contribution is 5.62. The van der Waals surface area contributed by atoms with Gasteiger partial charge in [-0.05, 0) is 31.1 Å². The van der Waals surface area contributed by atoms with Gasteiger partial charge in [-0.15, -0.1) is 0 Å². The number of nitrogens with zero attached hydrogens (tertiary/aromatic N) is 3. The molecule has 2 heterocycles. The van der Waals surface area contributed by atoms with Crippen molar-refractivity contribution in [3.63, 3.8) is 0 Å². The van der Waals surface area contributed by atoms with Crippen LogP contribution in [0.3, 0.4) is 0 Å². The average Bonchev–Trinajstić information content (AvgIpc) is 2.93. The Kier molecular flexibility index (Phi) is 3.61. The maximum absolute atomic E-state index is 10.7. The SMILES string of the molecule is CC1(C)[C@@H](c2ncn(C3CCCCO3)n2)C[C@H]1NC(=O)[O-]. The number of aromatic nitrogens is 3. The van der Waals surface area contributed by atoms with Gasteiger partial charge in [0.2, 0.25) is 0 Å². The molecule has 0 bridgehead atoms. The lowest BCUT2D eigenvalue weighted by molar-refractivity contribution is -0.253. The number of carbonyl (C=O) groups is 1. The van der Waals surface area contributed by atoms with Gasteiger partial charge in [0, 0.05) is 18.6 Å². The van der Waals surface area contributed by atoms with E-state index in [4.69, 9.17) is 4.74 Å². The van der Waals surface area contributed by atoms with Crippen molar-refractivity contribution < 1.29 is 14.6 Å². The maximum atomic E-state index is 10.7. The fourth-order valence-corrected chi connectivity index (χ4v) is 3.27. The Hall–Kier alpha value is -1.63. The second kappa shape index (κ2) is 5.29. The molecule has 1 unspecified atom stereocenters. The Morgan fingerprint density at radius 3 is 2.95 bits per heavy atom. The zero-order chi connectivity index (χ0) is 15.0. The Balaban J connectivity index is 1.68. The van der Waals surface area contributed by atoms with Crippen molar-refractivity contribution in [2.75, 3.05) is 6.61 Å². The van der Waals surface area contributed by atoms with Crippen molar-refractivity contribution in [1.82, 2.24) is 20.1 Å². The number of carbonyl (C=O) groups excluding carboxylic acids is 1. The van der Waals surface area contributed by atoms with Gasteiger partial charge >= 0.3 is 0 Å². The van der Waals surface area contributed by atoms with Gasteiger partial charge in [0.1, 0.15) is 12.4 Å². The Labute approximate surface area is 123 Å². The van der Waals surface area contributed by atoms with E-state index in [-0.39, 0.29) is 23.6 Å². The van der Waals surface area contributed by atoms with Crippen molar-refractivity contribution >= 4 is 6.09 Å². The van der Waals surface area contributed by atoms with Crippen molar-refractivity contribution in [3.8, 4) is 0 Å². The zero-order valence-corrected chi connectivity index (χ0v) is 12.4. The summed E-state index contributed by atoms with van der Waals surface area (Å²) in [5.41, 5.74) is -0.209. The lowest BCUT2D eigenvalue weighted by atomic mass is 9.58. The fraction of sp³-hybridized carbons (Fsp3) is 0.786. The molecular weight excluding hydrogens is 272 g/mol. The molecule has 116 valence electrons. The van der Waals surface area contributed by atoms with Gasteiger partial charge in [0.05, 0.1) is 0 Å². The summed E-state index contributed by atoms with van der Waals surface area (Å²) in [5, 5.41) is 17.7. The number of nitrogens with one attached hydrogen (secondary N) is 1. The molecule has 2 fully saturated rings. The highest BCUT2D eigenvalue weighted by atomic mass is 16.5. The summed E-state index contributed by atoms with van der Waals surface area (Å²) >= 11 is 0. The molecule has 1 amide bonds. The number of carboxylic acid groups (broad SMARTS) is 1. The van der Waals surface area contributed by atoms with E-state index in [2.05, 4.69) is 15.4 Å². The van der Waals surface area contributed by atoms with Crippen LogP contribution in [0.2, 0.25) is 0 Å². The molecule has 7 heteroatoms. The van der Waals surface area contributed by atoms with E-state index >= 15 is 0 Å². The number of hydrogen-bond donors (Lipinski definition) is 1. The first-order valence-corrected chi connectivity index (χ1v) is 7.48. The first-order valence-electron chi connectivity index (χ1n) is 7.48. The molecule has 1 aliphatic heterocycles. The van der Waals surface area contributed by atoms with Crippen LogP contribution in [0.5, 0.6) is 0 Å². The van der Waals surface area contributed by atoms with Crippen molar-refractivity contribution in [1.29, 1.82) is 0 Å². The topological polar surface area (TPSA) is 92.1 Å². The minimum absolute atomic E-state index is 0.0136. The van der Waals surface area contributed by atoms with Gasteiger partial charge in [0.15, 0.2) is 12.1 Å². The molecule has 1 N–H and O–H groups in total. The van der Waals surface area contributed by atoms with Gasteiger partial charge in [0.25, 0.3) is 0 Å². The van der Waals surface area contributed by atoms with Crippen molar-refractivity contribution in [3.05, 3.63) is 12.2 Å². The van der Waals surface area contributed by atoms with Crippen LogP contribution in [0.25, 0.3) is 0 Å². The molecule has 0 radical (unpaired) electrons. The Bertz CT molecular complexity index is 522. The van der Waals surface area contributed by atoms with Crippen LogP contribution in [0.15, 0.2) is 6.33 Å². The van der Waals surface area contributed by atoms with Crippen LogP contribution in [0.1, 0.15) is 57.5 Å². The van der Waals surface area contributed by atoms with Gasteiger partial charge < -0.3 is 20.0 Å². The van der Waals surface area contributed by atoms with Crippen LogP contribution in [-0.4, -0.2) is 33.5 Å². The highest BCUT2D eigenvalue weighted by Gasteiger charge is 2.50. The van der Waals surface area contributed by atoms with E-state index in [9.17, 15) is 9.90 Å². The molecule has 21 heavy (non-hydrogen) atoms. The standard InChI is InChI=1S/C14H22N4O3/c1-14(2)9(7-10(14)16-13(19)20)12-15-8-18(17-12)11-5-3-4-6-21-11/h8-11,16H,3-7H2,1-2H3,(H,19,20)/p-1/t9-,10-,11?/m1/s1. The van der Waals surface area contributed by atoms with E-state index in [1.807, 2.05) is 13.8 Å². The van der Waals surface area contributed by atoms with E-state index in [0.29, 0.717) is 6.42 Å². The normalized spacial score (nSPS) is 31.4. The van der Waals surface area contributed by atoms with E-state index in [1.54, 1.807) is 11.0 Å². The molecule has 1 saturated heterocycles. The fourth-order valence-electron chi connectivity index (χ4n) is 3.27. The number of hydrogen-bond acceptors (Lipinski definition) is 5. The molecule has 1 aromatic heterocycles.